The van der Waals surface area contributed by atoms with Crippen molar-refractivity contribution in [2.24, 2.45) is 0 Å². The maximum Gasteiger partial charge on any atom is 0.423 e. The zero-order chi connectivity index (χ0) is 9.35. The number of halogens is 3. The summed E-state index contributed by atoms with van der Waals surface area (Å²) in [7, 11) is 0. The van der Waals surface area contributed by atoms with E-state index in [2.05, 4.69) is 4.98 Å². The van der Waals surface area contributed by atoms with E-state index in [1.165, 1.54) is 0 Å². The van der Waals surface area contributed by atoms with Crippen LogP contribution in [0.1, 0.15) is 5.56 Å². The first-order valence-electron chi connectivity index (χ1n) is 2.83. The van der Waals surface area contributed by atoms with E-state index < -0.39 is 17.3 Å². The van der Waals surface area contributed by atoms with Crippen molar-refractivity contribution in [2.75, 3.05) is 5.73 Å². The second-order valence-electron chi connectivity index (χ2n) is 2.01. The number of nitrogens with one attached hydrogen (secondary N) is 1. The number of aromatic nitrogens is 2. The molecule has 0 aliphatic carbocycles. The van der Waals surface area contributed by atoms with E-state index >= 15 is 0 Å². The minimum absolute atomic E-state index is 0.340. The smallest absolute Gasteiger partial charge is 0.369 e. The molecule has 0 spiro atoms. The molecule has 0 fully saturated rings. The maximum atomic E-state index is 11.9. The van der Waals surface area contributed by atoms with Crippen LogP contribution in [-0.2, 0) is 6.18 Å². The molecule has 0 radical (unpaired) electrons. The summed E-state index contributed by atoms with van der Waals surface area (Å²) >= 11 is 0. The highest BCUT2D eigenvalue weighted by Gasteiger charge is 2.34. The molecule has 7 heteroatoms. The van der Waals surface area contributed by atoms with Gasteiger partial charge in [-0.05, 0) is 0 Å². The summed E-state index contributed by atoms with van der Waals surface area (Å²) in [6.07, 6.45) is -4.29. The molecule has 1 heterocycles. The lowest BCUT2D eigenvalue weighted by atomic mass is 10.3. The number of alkyl halides is 3. The molecule has 0 amide bonds. The van der Waals surface area contributed by atoms with Gasteiger partial charge in [0, 0.05) is 6.20 Å². The highest BCUT2D eigenvalue weighted by atomic mass is 19.4. The van der Waals surface area contributed by atoms with Crippen LogP contribution in [-0.4, -0.2) is 9.97 Å². The molecule has 0 bridgehead atoms. The number of nitrogens with two attached hydrogens (primary N) is 1. The number of nitrogen functional groups attached to an aromatic ring is 1. The fraction of sp³-hybridized carbons (Fsp3) is 0.200. The van der Waals surface area contributed by atoms with Gasteiger partial charge in [0.1, 0.15) is 5.56 Å². The molecule has 1 aromatic heterocycles. The first-order chi connectivity index (χ1) is 5.41. The first kappa shape index (κ1) is 8.57. The number of rotatable bonds is 0. The van der Waals surface area contributed by atoms with Gasteiger partial charge < -0.3 is 5.73 Å². The van der Waals surface area contributed by atoms with Gasteiger partial charge in [-0.3, -0.25) is 9.78 Å². The Morgan fingerprint density at radius 1 is 1.50 bits per heavy atom. The molecule has 0 unspecified atom stereocenters. The average molecular weight is 179 g/mol. The van der Waals surface area contributed by atoms with Crippen LogP contribution in [0.2, 0.25) is 0 Å². The Bertz CT molecular complexity index is 343. The number of nitrogens with zero attached hydrogens (tertiary/aromatic N) is 1. The number of anilines is 1. The fourth-order valence-corrected chi connectivity index (χ4v) is 0.611. The largest absolute Gasteiger partial charge is 0.423 e. The van der Waals surface area contributed by atoms with E-state index in [-0.39, 0.29) is 5.95 Å². The molecule has 1 rings (SSSR count). The van der Waals surface area contributed by atoms with E-state index in [0.717, 1.165) is 0 Å². The molecule has 4 nitrogen and oxygen atoms in total. The minimum Gasteiger partial charge on any atom is -0.369 e. The molecule has 0 saturated carbocycles. The van der Waals surface area contributed by atoms with Gasteiger partial charge in [-0.1, -0.05) is 0 Å². The van der Waals surface area contributed by atoms with E-state index in [0.29, 0.717) is 6.20 Å². The second-order valence-corrected chi connectivity index (χ2v) is 2.01. The third-order valence-corrected chi connectivity index (χ3v) is 1.12. The summed E-state index contributed by atoms with van der Waals surface area (Å²) in [6, 6.07) is 0. The van der Waals surface area contributed by atoms with Crippen LogP contribution in [0, 0.1) is 0 Å². The first-order valence-corrected chi connectivity index (χ1v) is 2.83. The molecule has 0 aromatic carbocycles. The molecule has 66 valence electrons. The van der Waals surface area contributed by atoms with Gasteiger partial charge in [0.25, 0.3) is 5.56 Å². The summed E-state index contributed by atoms with van der Waals surface area (Å²) in [5.74, 6) is -0.340. The zero-order valence-corrected chi connectivity index (χ0v) is 5.64. The van der Waals surface area contributed by atoms with Crippen LogP contribution in [0.5, 0.6) is 0 Å². The van der Waals surface area contributed by atoms with E-state index in [1.54, 1.807) is 4.98 Å². The van der Waals surface area contributed by atoms with Gasteiger partial charge >= 0.3 is 6.18 Å². The summed E-state index contributed by atoms with van der Waals surface area (Å²) in [5, 5.41) is 0. The molecule has 0 atom stereocenters. The van der Waals surface area contributed by atoms with Crippen molar-refractivity contribution < 1.29 is 13.2 Å². The van der Waals surface area contributed by atoms with Crippen molar-refractivity contribution in [2.45, 2.75) is 6.18 Å². The van der Waals surface area contributed by atoms with E-state index in [1.807, 2.05) is 0 Å². The monoisotopic (exact) mass is 179 g/mol. The van der Waals surface area contributed by atoms with Gasteiger partial charge in [0.05, 0.1) is 0 Å². The minimum atomic E-state index is -4.69. The van der Waals surface area contributed by atoms with Crippen molar-refractivity contribution in [3.05, 3.63) is 22.1 Å². The summed E-state index contributed by atoms with van der Waals surface area (Å²) in [4.78, 5) is 15.4. The van der Waals surface area contributed by atoms with Crippen LogP contribution in [0.3, 0.4) is 0 Å². The van der Waals surface area contributed by atoms with Gasteiger partial charge in [-0.2, -0.15) is 13.2 Å². The normalized spacial score (nSPS) is 11.6. The summed E-state index contributed by atoms with van der Waals surface area (Å²) in [6.45, 7) is 0. The Kier molecular flexibility index (Phi) is 1.79. The quantitative estimate of drug-likeness (QED) is 0.604. The average Bonchev–Trinajstić information content (AvgIpc) is 1.83. The Balaban J connectivity index is 3.29. The summed E-state index contributed by atoms with van der Waals surface area (Å²) < 4.78 is 35.6. The van der Waals surface area contributed by atoms with Gasteiger partial charge in [0.15, 0.2) is 5.95 Å². The Hall–Kier alpha value is -1.53. The SMILES string of the molecule is Nc1ncc(C(F)(F)F)c(=O)[nH]1. The van der Waals surface area contributed by atoms with Crippen molar-refractivity contribution >= 4 is 5.95 Å². The lowest BCUT2D eigenvalue weighted by Crippen LogP contribution is -2.22. The highest BCUT2D eigenvalue weighted by molar-refractivity contribution is 5.19. The van der Waals surface area contributed by atoms with Crippen LogP contribution in [0.4, 0.5) is 19.1 Å². The van der Waals surface area contributed by atoms with Crippen LogP contribution < -0.4 is 11.3 Å². The molecule has 1 aromatic rings. The lowest BCUT2D eigenvalue weighted by Gasteiger charge is -2.03. The Labute approximate surface area is 64.2 Å². The van der Waals surface area contributed by atoms with Crippen LogP contribution >= 0.6 is 0 Å². The van der Waals surface area contributed by atoms with Crippen molar-refractivity contribution in [1.29, 1.82) is 0 Å². The van der Waals surface area contributed by atoms with Crippen LogP contribution in [0.15, 0.2) is 11.0 Å². The van der Waals surface area contributed by atoms with E-state index in [4.69, 9.17) is 5.73 Å². The predicted molar refractivity (Wildman–Crippen MR) is 34.3 cm³/mol. The van der Waals surface area contributed by atoms with Crippen molar-refractivity contribution in [1.82, 2.24) is 9.97 Å². The van der Waals surface area contributed by atoms with E-state index in [9.17, 15) is 18.0 Å². The lowest BCUT2D eigenvalue weighted by molar-refractivity contribution is -0.138. The fourth-order valence-electron chi connectivity index (χ4n) is 0.611. The number of H-pyrrole nitrogens is 1. The number of aromatic amines is 1. The van der Waals surface area contributed by atoms with Gasteiger partial charge in [-0.15, -0.1) is 0 Å². The molecule has 0 saturated heterocycles. The maximum absolute atomic E-state index is 11.9. The molecule has 0 aliphatic rings. The van der Waals surface area contributed by atoms with Gasteiger partial charge in [0.2, 0.25) is 0 Å². The predicted octanol–water partition coefficient (Wildman–Crippen LogP) is 0.371. The number of hydrogen-bond donors (Lipinski definition) is 2. The van der Waals surface area contributed by atoms with Gasteiger partial charge in [-0.25, -0.2) is 4.98 Å². The molecular formula is C5H4F3N3O. The zero-order valence-electron chi connectivity index (χ0n) is 5.64. The summed E-state index contributed by atoms with van der Waals surface area (Å²) in [5.41, 5.74) is 2.30. The second kappa shape index (κ2) is 2.50. The Morgan fingerprint density at radius 3 is 2.50 bits per heavy atom. The molecule has 0 aliphatic heterocycles. The third kappa shape index (κ3) is 1.55. The van der Waals surface area contributed by atoms with Crippen molar-refractivity contribution in [3.8, 4) is 0 Å². The number of hydrogen-bond acceptors (Lipinski definition) is 3. The standard InChI is InChI=1S/C5H4F3N3O/c6-5(7,8)2-1-10-4(9)11-3(2)12/h1H,(H3,9,10,11,12). The molecule has 3 N–H and O–H groups in total. The molecule has 12 heavy (non-hydrogen) atoms. The van der Waals surface area contributed by atoms with Crippen LogP contribution in [0.25, 0.3) is 0 Å². The topological polar surface area (TPSA) is 71.8 Å². The Morgan fingerprint density at radius 2 is 2.08 bits per heavy atom. The third-order valence-electron chi connectivity index (χ3n) is 1.12. The highest BCUT2D eigenvalue weighted by Crippen LogP contribution is 2.25. The molecular weight excluding hydrogens is 175 g/mol. The van der Waals surface area contributed by atoms with Crippen molar-refractivity contribution in [3.63, 3.8) is 0 Å².